The largest absolute Gasteiger partial charge is 0.490 e. The van der Waals surface area contributed by atoms with Gasteiger partial charge in [0.1, 0.15) is 23.9 Å². The summed E-state index contributed by atoms with van der Waals surface area (Å²) in [7, 11) is 0. The molecule has 1 aliphatic heterocycles. The zero-order valence-electron chi connectivity index (χ0n) is 15.2. The third kappa shape index (κ3) is 4.39. The highest BCUT2D eigenvalue weighted by Crippen LogP contribution is 2.33. The SMILES string of the molecule is O=C1S/C(=C\c2ccc(-c3ccccc3)o2)C(=O)N1CCOc1ccccc1Cl. The van der Waals surface area contributed by atoms with Crippen molar-refractivity contribution >= 4 is 40.6 Å². The van der Waals surface area contributed by atoms with E-state index in [0.29, 0.717) is 27.2 Å². The number of para-hydroxylation sites is 1. The summed E-state index contributed by atoms with van der Waals surface area (Å²) in [6.07, 6.45) is 1.59. The Bertz CT molecular complexity index is 1080. The summed E-state index contributed by atoms with van der Waals surface area (Å²) in [5.41, 5.74) is 0.942. The number of benzene rings is 2. The Labute approximate surface area is 176 Å². The Morgan fingerprint density at radius 1 is 1.00 bits per heavy atom. The number of nitrogens with zero attached hydrogens (tertiary/aromatic N) is 1. The molecule has 5 nitrogen and oxygen atoms in total. The molecule has 0 spiro atoms. The number of amides is 2. The fraction of sp³-hybridized carbons (Fsp3) is 0.0909. The second-order valence-electron chi connectivity index (χ2n) is 6.18. The molecule has 2 aromatic carbocycles. The van der Waals surface area contributed by atoms with Gasteiger partial charge in [-0.25, -0.2) is 0 Å². The topological polar surface area (TPSA) is 59.8 Å². The van der Waals surface area contributed by atoms with Crippen molar-refractivity contribution < 1.29 is 18.7 Å². The van der Waals surface area contributed by atoms with Gasteiger partial charge in [0.15, 0.2) is 0 Å². The molecule has 3 aromatic rings. The van der Waals surface area contributed by atoms with Crippen LogP contribution in [0.25, 0.3) is 17.4 Å². The molecule has 2 amide bonds. The van der Waals surface area contributed by atoms with Crippen molar-refractivity contribution in [1.29, 1.82) is 0 Å². The number of imide groups is 1. The summed E-state index contributed by atoms with van der Waals surface area (Å²) in [4.78, 5) is 26.3. The van der Waals surface area contributed by atoms with Crippen molar-refractivity contribution in [2.75, 3.05) is 13.2 Å². The van der Waals surface area contributed by atoms with Gasteiger partial charge in [-0.15, -0.1) is 0 Å². The van der Waals surface area contributed by atoms with Gasteiger partial charge in [-0.3, -0.25) is 14.5 Å². The van der Waals surface area contributed by atoms with Crippen LogP contribution in [-0.2, 0) is 4.79 Å². The molecule has 0 N–H and O–H groups in total. The molecule has 146 valence electrons. The van der Waals surface area contributed by atoms with Gasteiger partial charge < -0.3 is 9.15 Å². The highest BCUT2D eigenvalue weighted by molar-refractivity contribution is 8.18. The number of carbonyl (C=O) groups is 2. The Hall–Kier alpha value is -2.96. The van der Waals surface area contributed by atoms with Crippen LogP contribution in [0.15, 0.2) is 76.1 Å². The normalized spacial score (nSPS) is 15.3. The first-order valence-electron chi connectivity index (χ1n) is 8.90. The molecule has 1 aromatic heterocycles. The molecule has 0 unspecified atom stereocenters. The van der Waals surface area contributed by atoms with Crippen LogP contribution in [-0.4, -0.2) is 29.2 Å². The summed E-state index contributed by atoms with van der Waals surface area (Å²) in [6.45, 7) is 0.300. The molecule has 1 fully saturated rings. The van der Waals surface area contributed by atoms with Crippen molar-refractivity contribution in [2.24, 2.45) is 0 Å². The lowest BCUT2D eigenvalue weighted by Gasteiger charge is -2.13. The van der Waals surface area contributed by atoms with Gasteiger partial charge in [0.25, 0.3) is 11.1 Å². The molecular weight excluding hydrogens is 410 g/mol. The Morgan fingerprint density at radius 3 is 2.55 bits per heavy atom. The van der Waals surface area contributed by atoms with Crippen molar-refractivity contribution in [3.63, 3.8) is 0 Å². The minimum atomic E-state index is -0.361. The minimum Gasteiger partial charge on any atom is -0.490 e. The minimum absolute atomic E-state index is 0.140. The molecule has 0 bridgehead atoms. The molecule has 1 aliphatic rings. The summed E-state index contributed by atoms with van der Waals surface area (Å²) in [5.74, 6) is 1.37. The van der Waals surface area contributed by atoms with E-state index in [9.17, 15) is 9.59 Å². The van der Waals surface area contributed by atoms with Crippen molar-refractivity contribution in [3.8, 4) is 17.1 Å². The number of halogens is 1. The van der Waals surface area contributed by atoms with Crippen LogP contribution in [0.5, 0.6) is 5.75 Å². The van der Waals surface area contributed by atoms with Crippen LogP contribution in [0.4, 0.5) is 4.79 Å². The monoisotopic (exact) mass is 425 g/mol. The first-order valence-corrected chi connectivity index (χ1v) is 10.1. The quantitative estimate of drug-likeness (QED) is 0.473. The third-order valence-corrected chi connectivity index (χ3v) is 5.46. The van der Waals surface area contributed by atoms with Gasteiger partial charge in [-0.1, -0.05) is 54.1 Å². The van der Waals surface area contributed by atoms with E-state index < -0.39 is 0 Å². The first kappa shape index (κ1) is 19.4. The fourth-order valence-corrected chi connectivity index (χ4v) is 3.85. The van der Waals surface area contributed by atoms with E-state index in [1.807, 2.05) is 36.4 Å². The number of hydrogen-bond acceptors (Lipinski definition) is 5. The molecule has 0 radical (unpaired) electrons. The maximum atomic E-state index is 12.6. The zero-order valence-corrected chi connectivity index (χ0v) is 16.8. The Kier molecular flexibility index (Phi) is 5.74. The Morgan fingerprint density at radius 2 is 1.76 bits per heavy atom. The van der Waals surface area contributed by atoms with Gasteiger partial charge in [0.2, 0.25) is 0 Å². The lowest BCUT2D eigenvalue weighted by Crippen LogP contribution is -2.32. The zero-order chi connectivity index (χ0) is 20.2. The first-order chi connectivity index (χ1) is 14.1. The van der Waals surface area contributed by atoms with Crippen molar-refractivity contribution in [3.05, 3.63) is 82.4 Å². The third-order valence-electron chi connectivity index (χ3n) is 4.24. The van der Waals surface area contributed by atoms with Gasteiger partial charge in [-0.05, 0) is 36.0 Å². The standard InChI is InChI=1S/C22H16ClNO4S/c23-17-8-4-5-9-19(17)27-13-12-24-21(25)20(29-22(24)26)14-16-10-11-18(28-16)15-6-2-1-3-7-15/h1-11,14H,12-13H2/b20-14-. The Balaban J connectivity index is 1.41. The summed E-state index contributed by atoms with van der Waals surface area (Å²) in [5, 5.41) is 0.146. The number of hydrogen-bond donors (Lipinski definition) is 0. The summed E-state index contributed by atoms with van der Waals surface area (Å²) in [6, 6.07) is 20.3. The van der Waals surface area contributed by atoms with Gasteiger partial charge >= 0.3 is 0 Å². The van der Waals surface area contributed by atoms with E-state index in [2.05, 4.69) is 0 Å². The van der Waals surface area contributed by atoms with E-state index in [4.69, 9.17) is 20.8 Å². The maximum absolute atomic E-state index is 12.6. The highest BCUT2D eigenvalue weighted by Gasteiger charge is 2.35. The van der Waals surface area contributed by atoms with Gasteiger partial charge in [0, 0.05) is 11.6 Å². The molecule has 0 atom stereocenters. The molecular formula is C22H16ClNO4S. The highest BCUT2D eigenvalue weighted by atomic mass is 35.5. The van der Waals surface area contributed by atoms with Crippen molar-refractivity contribution in [2.45, 2.75) is 0 Å². The number of thioether (sulfide) groups is 1. The van der Waals surface area contributed by atoms with Gasteiger partial charge in [-0.2, -0.15) is 0 Å². The van der Waals surface area contributed by atoms with Gasteiger partial charge in [0.05, 0.1) is 16.5 Å². The molecule has 0 aliphatic carbocycles. The van der Waals surface area contributed by atoms with Crippen LogP contribution in [0.2, 0.25) is 5.02 Å². The molecule has 2 heterocycles. The number of furan rings is 1. The van der Waals surface area contributed by atoms with E-state index in [1.54, 1.807) is 36.4 Å². The smallest absolute Gasteiger partial charge is 0.293 e. The summed E-state index contributed by atoms with van der Waals surface area (Å²) >= 11 is 6.93. The lowest BCUT2D eigenvalue weighted by atomic mass is 10.2. The predicted molar refractivity (Wildman–Crippen MR) is 114 cm³/mol. The molecule has 7 heteroatoms. The van der Waals surface area contributed by atoms with E-state index in [-0.39, 0.29) is 24.3 Å². The summed E-state index contributed by atoms with van der Waals surface area (Å²) < 4.78 is 11.4. The average Bonchev–Trinajstić information content (AvgIpc) is 3.30. The lowest BCUT2D eigenvalue weighted by molar-refractivity contribution is -0.123. The fourth-order valence-electron chi connectivity index (χ4n) is 2.82. The van der Waals surface area contributed by atoms with E-state index in [1.165, 1.54) is 0 Å². The van der Waals surface area contributed by atoms with Crippen LogP contribution in [0, 0.1) is 0 Å². The van der Waals surface area contributed by atoms with Crippen LogP contribution in [0.1, 0.15) is 5.76 Å². The molecule has 1 saturated heterocycles. The van der Waals surface area contributed by atoms with E-state index >= 15 is 0 Å². The van der Waals surface area contributed by atoms with Crippen molar-refractivity contribution in [1.82, 2.24) is 4.90 Å². The molecule has 29 heavy (non-hydrogen) atoms. The number of ether oxygens (including phenoxy) is 1. The average molecular weight is 426 g/mol. The van der Waals surface area contributed by atoms with E-state index in [0.717, 1.165) is 22.2 Å². The molecule has 4 rings (SSSR count). The predicted octanol–water partition coefficient (Wildman–Crippen LogP) is 5.72. The van der Waals surface area contributed by atoms with Crippen LogP contribution >= 0.6 is 23.4 Å². The van der Waals surface area contributed by atoms with Crippen LogP contribution in [0.3, 0.4) is 0 Å². The molecule has 0 saturated carbocycles. The number of carbonyl (C=O) groups excluding carboxylic acids is 2. The number of rotatable bonds is 6. The second kappa shape index (κ2) is 8.59. The maximum Gasteiger partial charge on any atom is 0.293 e. The second-order valence-corrected chi connectivity index (χ2v) is 7.58. The van der Waals surface area contributed by atoms with Crippen LogP contribution < -0.4 is 4.74 Å².